The van der Waals surface area contributed by atoms with Crippen molar-refractivity contribution in [3.8, 4) is 11.1 Å². The molecule has 0 amide bonds. The number of rotatable bonds is 4. The highest BCUT2D eigenvalue weighted by Gasteiger charge is 2.28. The van der Waals surface area contributed by atoms with Gasteiger partial charge < -0.3 is 9.84 Å². The average Bonchev–Trinajstić information content (AvgIpc) is 3.17. The predicted molar refractivity (Wildman–Crippen MR) is 87.4 cm³/mol. The highest BCUT2D eigenvalue weighted by atomic mass is 127. The molecule has 7 heteroatoms. The molecular formula is C14H14IN3O3. The van der Waals surface area contributed by atoms with E-state index in [4.69, 9.17) is 4.52 Å². The normalized spacial score (nSPS) is 14.2. The Morgan fingerprint density at radius 3 is 2.67 bits per heavy atom. The second-order valence-corrected chi connectivity index (χ2v) is 6.39. The quantitative estimate of drug-likeness (QED) is 0.477. The van der Waals surface area contributed by atoms with Crippen molar-refractivity contribution >= 4 is 34.0 Å². The maximum atomic E-state index is 11.4. The molecule has 0 atom stereocenters. The fourth-order valence-corrected chi connectivity index (χ4v) is 3.12. The zero-order valence-corrected chi connectivity index (χ0v) is 13.8. The van der Waals surface area contributed by atoms with Gasteiger partial charge in [-0.25, -0.2) is 0 Å². The number of hydrogen-bond donors (Lipinski definition) is 1. The van der Waals surface area contributed by atoms with E-state index in [-0.39, 0.29) is 10.6 Å². The standard InChI is InChI=1S/C14H14IN3O3/c1-7-13(8(2)21-17-7)9-5-11(15)14(16-10-3-4-10)12(6-9)18(19)20/h5-6,10,16H,3-4H2,1-2H3. The number of hydrogen-bond acceptors (Lipinski definition) is 5. The second-order valence-electron chi connectivity index (χ2n) is 5.23. The van der Waals surface area contributed by atoms with E-state index >= 15 is 0 Å². The van der Waals surface area contributed by atoms with Crippen LogP contribution in [0, 0.1) is 27.5 Å². The Hall–Kier alpha value is -1.64. The first-order valence-corrected chi connectivity index (χ1v) is 7.73. The van der Waals surface area contributed by atoms with E-state index in [1.807, 2.05) is 19.9 Å². The van der Waals surface area contributed by atoms with E-state index in [2.05, 4.69) is 33.1 Å². The molecule has 0 bridgehead atoms. The largest absolute Gasteiger partial charge is 0.376 e. The van der Waals surface area contributed by atoms with Gasteiger partial charge in [0.15, 0.2) is 0 Å². The third-order valence-corrected chi connectivity index (χ3v) is 4.36. The van der Waals surface area contributed by atoms with Gasteiger partial charge in [-0.2, -0.15) is 0 Å². The summed E-state index contributed by atoms with van der Waals surface area (Å²) in [7, 11) is 0. The smallest absolute Gasteiger partial charge is 0.294 e. The molecule has 1 aromatic carbocycles. The summed E-state index contributed by atoms with van der Waals surface area (Å²) < 4.78 is 5.99. The van der Waals surface area contributed by atoms with Crippen molar-refractivity contribution < 1.29 is 9.45 Å². The highest BCUT2D eigenvalue weighted by molar-refractivity contribution is 14.1. The number of nitrogens with one attached hydrogen (secondary N) is 1. The van der Waals surface area contributed by atoms with Gasteiger partial charge >= 0.3 is 0 Å². The molecule has 1 aliphatic rings. The van der Waals surface area contributed by atoms with Crippen molar-refractivity contribution in [3.63, 3.8) is 0 Å². The van der Waals surface area contributed by atoms with Crippen LogP contribution in [0.2, 0.25) is 0 Å². The summed E-state index contributed by atoms with van der Waals surface area (Å²) in [6.45, 7) is 3.64. The number of nitro benzene ring substituents is 1. The van der Waals surface area contributed by atoms with Crippen LogP contribution in [0.5, 0.6) is 0 Å². The molecule has 0 aliphatic heterocycles. The third-order valence-electron chi connectivity index (χ3n) is 3.51. The van der Waals surface area contributed by atoms with Crippen LogP contribution in [-0.2, 0) is 0 Å². The summed E-state index contributed by atoms with van der Waals surface area (Å²) in [5, 5.41) is 18.6. The number of aromatic nitrogens is 1. The van der Waals surface area contributed by atoms with Crippen LogP contribution in [0.3, 0.4) is 0 Å². The molecule has 1 aromatic heterocycles. The summed E-state index contributed by atoms with van der Waals surface area (Å²) in [6, 6.07) is 3.90. The Morgan fingerprint density at radius 1 is 1.43 bits per heavy atom. The van der Waals surface area contributed by atoms with Gasteiger partial charge in [-0.05, 0) is 60.9 Å². The van der Waals surface area contributed by atoms with Crippen molar-refractivity contribution in [1.82, 2.24) is 5.16 Å². The van der Waals surface area contributed by atoms with E-state index < -0.39 is 0 Å². The zero-order chi connectivity index (χ0) is 15.1. The van der Waals surface area contributed by atoms with Gasteiger partial charge in [0, 0.05) is 21.2 Å². The number of halogens is 1. The Kier molecular flexibility index (Phi) is 3.60. The van der Waals surface area contributed by atoms with Gasteiger partial charge in [-0.1, -0.05) is 5.16 Å². The SMILES string of the molecule is Cc1noc(C)c1-c1cc(I)c(NC2CC2)c([N+](=O)[O-])c1. The molecule has 1 aliphatic carbocycles. The lowest BCUT2D eigenvalue weighted by Crippen LogP contribution is -2.06. The Bertz CT molecular complexity index is 703. The molecule has 0 saturated heterocycles. The van der Waals surface area contributed by atoms with E-state index in [1.54, 1.807) is 6.07 Å². The number of nitro groups is 1. The van der Waals surface area contributed by atoms with Crippen molar-refractivity contribution in [1.29, 1.82) is 0 Å². The first-order valence-electron chi connectivity index (χ1n) is 6.65. The van der Waals surface area contributed by atoms with E-state index in [1.165, 1.54) is 0 Å². The molecule has 0 unspecified atom stereocenters. The fourth-order valence-electron chi connectivity index (χ4n) is 2.35. The molecule has 1 saturated carbocycles. The summed E-state index contributed by atoms with van der Waals surface area (Å²) in [6.07, 6.45) is 2.14. The number of aryl methyl sites for hydroxylation is 2. The van der Waals surface area contributed by atoms with Gasteiger partial charge in [-0.3, -0.25) is 10.1 Å². The van der Waals surface area contributed by atoms with Gasteiger partial charge in [0.25, 0.3) is 5.69 Å². The Balaban J connectivity index is 2.13. The van der Waals surface area contributed by atoms with Gasteiger partial charge in [0.1, 0.15) is 11.4 Å². The molecule has 0 spiro atoms. The molecule has 1 fully saturated rings. The van der Waals surface area contributed by atoms with Crippen LogP contribution in [0.25, 0.3) is 11.1 Å². The average molecular weight is 399 g/mol. The minimum Gasteiger partial charge on any atom is -0.376 e. The summed E-state index contributed by atoms with van der Waals surface area (Å²) in [4.78, 5) is 11.1. The number of benzene rings is 1. The van der Waals surface area contributed by atoms with Crippen molar-refractivity contribution in [2.24, 2.45) is 0 Å². The van der Waals surface area contributed by atoms with Gasteiger partial charge in [0.2, 0.25) is 0 Å². The van der Waals surface area contributed by atoms with Gasteiger partial charge in [-0.15, -0.1) is 0 Å². The first-order chi connectivity index (χ1) is 9.97. The maximum Gasteiger partial charge on any atom is 0.294 e. The molecule has 21 heavy (non-hydrogen) atoms. The lowest BCUT2D eigenvalue weighted by atomic mass is 10.0. The summed E-state index contributed by atoms with van der Waals surface area (Å²) in [5.41, 5.74) is 3.04. The fraction of sp³-hybridized carbons (Fsp3) is 0.357. The lowest BCUT2D eigenvalue weighted by Gasteiger charge is -2.10. The van der Waals surface area contributed by atoms with E-state index in [0.29, 0.717) is 17.5 Å². The summed E-state index contributed by atoms with van der Waals surface area (Å²) >= 11 is 2.14. The molecule has 0 radical (unpaired) electrons. The predicted octanol–water partition coefficient (Wildman–Crippen LogP) is 4.05. The van der Waals surface area contributed by atoms with Crippen molar-refractivity contribution in [2.75, 3.05) is 5.32 Å². The number of anilines is 1. The third kappa shape index (κ3) is 2.74. The summed E-state index contributed by atoms with van der Waals surface area (Å²) in [5.74, 6) is 0.667. The highest BCUT2D eigenvalue weighted by Crippen LogP contribution is 2.39. The lowest BCUT2D eigenvalue weighted by molar-refractivity contribution is -0.384. The minimum atomic E-state index is -0.339. The van der Waals surface area contributed by atoms with Crippen LogP contribution in [0.15, 0.2) is 16.7 Å². The second kappa shape index (κ2) is 5.28. The van der Waals surface area contributed by atoms with Crippen molar-refractivity contribution in [3.05, 3.63) is 37.3 Å². The van der Waals surface area contributed by atoms with E-state index in [0.717, 1.165) is 33.2 Å². The zero-order valence-electron chi connectivity index (χ0n) is 11.6. The maximum absolute atomic E-state index is 11.4. The van der Waals surface area contributed by atoms with Crippen LogP contribution >= 0.6 is 22.6 Å². The first kappa shape index (κ1) is 14.3. The minimum absolute atomic E-state index is 0.101. The van der Waals surface area contributed by atoms with Crippen molar-refractivity contribution in [2.45, 2.75) is 32.7 Å². The van der Waals surface area contributed by atoms with E-state index in [9.17, 15) is 10.1 Å². The molecule has 6 nitrogen and oxygen atoms in total. The molecule has 1 heterocycles. The molecule has 3 rings (SSSR count). The number of nitrogens with zero attached hydrogens (tertiary/aromatic N) is 2. The van der Waals surface area contributed by atoms with Crippen LogP contribution in [0.1, 0.15) is 24.3 Å². The Labute approximate surface area is 135 Å². The van der Waals surface area contributed by atoms with Gasteiger partial charge in [0.05, 0.1) is 10.6 Å². The Morgan fingerprint density at radius 2 is 2.14 bits per heavy atom. The van der Waals surface area contributed by atoms with Crippen LogP contribution in [-0.4, -0.2) is 16.1 Å². The molecule has 2 aromatic rings. The van der Waals surface area contributed by atoms with Crippen LogP contribution < -0.4 is 5.32 Å². The molecule has 110 valence electrons. The molecule has 1 N–H and O–H groups in total. The topological polar surface area (TPSA) is 81.2 Å². The monoisotopic (exact) mass is 399 g/mol. The molecular weight excluding hydrogens is 385 g/mol. The van der Waals surface area contributed by atoms with Crippen LogP contribution in [0.4, 0.5) is 11.4 Å².